The predicted molar refractivity (Wildman–Crippen MR) is 293 cm³/mol. The highest BCUT2D eigenvalue weighted by Gasteiger charge is 2.21. The zero-order chi connectivity index (χ0) is 51.6. The van der Waals surface area contributed by atoms with Gasteiger partial charge in [0.05, 0.1) is 6.61 Å². The number of nitrogens with zero attached hydrogens (tertiary/aromatic N) is 2. The van der Waals surface area contributed by atoms with Crippen LogP contribution in [-0.4, -0.2) is 92.4 Å². The first-order valence-electron chi connectivity index (χ1n) is 30.2. The smallest absolute Gasteiger partial charge is 0.410 e. The minimum atomic E-state index is -0.259. The molecule has 0 saturated heterocycles. The summed E-state index contributed by atoms with van der Waals surface area (Å²) in [5, 5.41) is 0. The Bertz CT molecular complexity index is 1100. The molecule has 70 heavy (non-hydrogen) atoms. The lowest BCUT2D eigenvalue weighted by atomic mass is 10.0. The summed E-state index contributed by atoms with van der Waals surface area (Å²) >= 11 is 0. The SMILES string of the molecule is CCCCCCC(CCCCCC)OC(=O)CCCCCCCCC(CCCCCCCCC(=O)OC(CCCCCC)CCCCCC)OC(=O)N(CCCOC(=O)CCCCC)CCCN(C)C. The number of ether oxygens (including phenoxy) is 4. The molecule has 0 aliphatic heterocycles. The molecule has 0 bridgehead atoms. The highest BCUT2D eigenvalue weighted by molar-refractivity contribution is 5.70. The van der Waals surface area contributed by atoms with Gasteiger partial charge < -0.3 is 28.7 Å². The summed E-state index contributed by atoms with van der Waals surface area (Å²) in [6.07, 6.45) is 43.0. The normalized spacial score (nSPS) is 11.6. The van der Waals surface area contributed by atoms with Crippen molar-refractivity contribution in [2.45, 2.75) is 323 Å². The van der Waals surface area contributed by atoms with Gasteiger partial charge in [0.25, 0.3) is 0 Å². The van der Waals surface area contributed by atoms with Crippen molar-refractivity contribution < 1.29 is 38.1 Å². The van der Waals surface area contributed by atoms with E-state index in [4.69, 9.17) is 18.9 Å². The molecule has 0 spiro atoms. The van der Waals surface area contributed by atoms with Crippen LogP contribution in [-0.2, 0) is 33.3 Å². The topological polar surface area (TPSA) is 112 Å². The molecule has 10 nitrogen and oxygen atoms in total. The fourth-order valence-electron chi connectivity index (χ4n) is 9.29. The first-order valence-corrected chi connectivity index (χ1v) is 30.2. The first-order chi connectivity index (χ1) is 34.1. The van der Waals surface area contributed by atoms with Crippen molar-refractivity contribution >= 4 is 24.0 Å². The van der Waals surface area contributed by atoms with Gasteiger partial charge in [-0.15, -0.1) is 0 Å². The summed E-state index contributed by atoms with van der Waals surface area (Å²) < 4.78 is 23.8. The Labute approximate surface area is 433 Å². The molecule has 0 atom stereocenters. The maximum atomic E-state index is 13.8. The quantitative estimate of drug-likeness (QED) is 0.0334. The van der Waals surface area contributed by atoms with E-state index in [1.807, 2.05) is 19.0 Å². The Hall–Kier alpha value is -2.36. The van der Waals surface area contributed by atoms with Crippen LogP contribution in [0.3, 0.4) is 0 Å². The zero-order valence-electron chi connectivity index (χ0n) is 47.4. The van der Waals surface area contributed by atoms with Crippen molar-refractivity contribution in [1.29, 1.82) is 0 Å². The van der Waals surface area contributed by atoms with E-state index in [9.17, 15) is 19.2 Å². The highest BCUT2D eigenvalue weighted by Crippen LogP contribution is 2.22. The molecular formula is C60H116N2O8. The van der Waals surface area contributed by atoms with Crippen LogP contribution in [0, 0.1) is 0 Å². The van der Waals surface area contributed by atoms with Crippen LogP contribution in [0.2, 0.25) is 0 Å². The molecule has 0 heterocycles. The third-order valence-corrected chi connectivity index (χ3v) is 13.8. The van der Waals surface area contributed by atoms with Crippen LogP contribution < -0.4 is 0 Å². The number of carbonyl (C=O) groups excluding carboxylic acids is 4. The molecule has 0 aromatic heterocycles. The highest BCUT2D eigenvalue weighted by atomic mass is 16.6. The van der Waals surface area contributed by atoms with E-state index < -0.39 is 0 Å². The molecule has 0 aliphatic rings. The number of hydrogen-bond donors (Lipinski definition) is 0. The summed E-state index contributed by atoms with van der Waals surface area (Å²) in [6.45, 7) is 13.3. The second-order valence-corrected chi connectivity index (χ2v) is 21.1. The van der Waals surface area contributed by atoms with Crippen LogP contribution in [0.25, 0.3) is 0 Å². The van der Waals surface area contributed by atoms with E-state index in [0.717, 1.165) is 173 Å². The van der Waals surface area contributed by atoms with E-state index in [0.29, 0.717) is 45.4 Å². The summed E-state index contributed by atoms with van der Waals surface area (Å²) in [6, 6.07) is 0. The molecule has 0 N–H and O–H groups in total. The number of carbonyl (C=O) groups is 4. The molecule has 0 fully saturated rings. The molecule has 0 aromatic rings. The van der Waals surface area contributed by atoms with Crippen molar-refractivity contribution in [3.05, 3.63) is 0 Å². The summed E-state index contributed by atoms with van der Waals surface area (Å²) in [7, 11) is 4.09. The third-order valence-electron chi connectivity index (χ3n) is 13.8. The van der Waals surface area contributed by atoms with Gasteiger partial charge >= 0.3 is 24.0 Å². The van der Waals surface area contributed by atoms with Crippen molar-refractivity contribution in [2.24, 2.45) is 0 Å². The molecule has 0 saturated carbocycles. The molecule has 1 amide bonds. The summed E-state index contributed by atoms with van der Waals surface area (Å²) in [5.74, 6) is -0.204. The monoisotopic (exact) mass is 993 g/mol. The van der Waals surface area contributed by atoms with Gasteiger partial charge in [-0.3, -0.25) is 14.4 Å². The van der Waals surface area contributed by atoms with E-state index in [2.05, 4.69) is 39.5 Å². The molecule has 0 radical (unpaired) electrons. The third kappa shape index (κ3) is 45.5. The Morgan fingerprint density at radius 2 is 0.629 bits per heavy atom. The second kappa shape index (κ2) is 51.5. The molecule has 0 aromatic carbocycles. The lowest BCUT2D eigenvalue weighted by molar-refractivity contribution is -0.151. The standard InChI is InChI=1S/C60H116N2O8/c1-8-13-18-31-41-54(42-32-19-14-9-2)68-58(64)48-37-28-24-22-26-35-45-56(70-60(66)62(51-39-50-61(6)7)52-40-53-67-57(63)47-30-17-12-5)46-36-27-23-25-29-38-49-59(65)69-55(43-33-20-15-10-3)44-34-21-16-11-4/h54-56H,8-53H2,1-7H3. The number of hydrogen-bond acceptors (Lipinski definition) is 9. The Balaban J connectivity index is 5.15. The Kier molecular flexibility index (Phi) is 49.8. The van der Waals surface area contributed by atoms with Crippen LogP contribution in [0.15, 0.2) is 0 Å². The van der Waals surface area contributed by atoms with Gasteiger partial charge in [-0.2, -0.15) is 0 Å². The van der Waals surface area contributed by atoms with Crippen LogP contribution in [0.4, 0.5) is 4.79 Å². The summed E-state index contributed by atoms with van der Waals surface area (Å²) in [4.78, 5) is 55.6. The van der Waals surface area contributed by atoms with Gasteiger partial charge in [-0.05, 0) is 130 Å². The average molecular weight is 994 g/mol. The second-order valence-electron chi connectivity index (χ2n) is 21.1. The molecule has 0 aliphatic carbocycles. The number of esters is 3. The molecule has 10 heteroatoms. The van der Waals surface area contributed by atoms with Crippen LogP contribution in [0.5, 0.6) is 0 Å². The van der Waals surface area contributed by atoms with Crippen molar-refractivity contribution in [1.82, 2.24) is 9.80 Å². The Morgan fingerprint density at radius 1 is 0.329 bits per heavy atom. The van der Waals surface area contributed by atoms with Gasteiger partial charge in [0.2, 0.25) is 0 Å². The van der Waals surface area contributed by atoms with Crippen molar-refractivity contribution in [3.63, 3.8) is 0 Å². The minimum absolute atomic E-state index is 0.0233. The van der Waals surface area contributed by atoms with E-state index in [1.165, 1.54) is 77.0 Å². The van der Waals surface area contributed by atoms with Gasteiger partial charge in [-0.1, -0.05) is 176 Å². The largest absolute Gasteiger partial charge is 0.466 e. The van der Waals surface area contributed by atoms with Crippen molar-refractivity contribution in [2.75, 3.05) is 40.3 Å². The average Bonchev–Trinajstić information content (AvgIpc) is 3.33. The van der Waals surface area contributed by atoms with E-state index >= 15 is 0 Å². The lowest BCUT2D eigenvalue weighted by Gasteiger charge is -2.26. The van der Waals surface area contributed by atoms with E-state index in [1.54, 1.807) is 0 Å². The zero-order valence-corrected chi connectivity index (χ0v) is 47.4. The van der Waals surface area contributed by atoms with Gasteiger partial charge in [0.15, 0.2) is 0 Å². The molecular weight excluding hydrogens is 877 g/mol. The minimum Gasteiger partial charge on any atom is -0.466 e. The van der Waals surface area contributed by atoms with Gasteiger partial charge in [-0.25, -0.2) is 4.79 Å². The van der Waals surface area contributed by atoms with Crippen molar-refractivity contribution in [3.8, 4) is 0 Å². The fourth-order valence-corrected chi connectivity index (χ4v) is 9.29. The summed E-state index contributed by atoms with van der Waals surface area (Å²) in [5.41, 5.74) is 0. The predicted octanol–water partition coefficient (Wildman–Crippen LogP) is 17.2. The molecule has 0 unspecified atom stereocenters. The Morgan fingerprint density at radius 3 is 1.01 bits per heavy atom. The van der Waals surface area contributed by atoms with Crippen LogP contribution >= 0.6 is 0 Å². The first kappa shape index (κ1) is 67.6. The maximum Gasteiger partial charge on any atom is 0.410 e. The van der Waals surface area contributed by atoms with E-state index in [-0.39, 0.29) is 42.3 Å². The van der Waals surface area contributed by atoms with Gasteiger partial charge in [0, 0.05) is 32.4 Å². The lowest BCUT2D eigenvalue weighted by Crippen LogP contribution is -2.37. The number of rotatable bonds is 53. The number of amides is 1. The number of unbranched alkanes of at least 4 members (excludes halogenated alkanes) is 24. The van der Waals surface area contributed by atoms with Crippen LogP contribution in [0.1, 0.15) is 304 Å². The fraction of sp³-hybridized carbons (Fsp3) is 0.933. The molecule has 414 valence electrons. The maximum absolute atomic E-state index is 13.8. The molecule has 0 rings (SSSR count). The van der Waals surface area contributed by atoms with Gasteiger partial charge in [0.1, 0.15) is 18.3 Å².